The second kappa shape index (κ2) is 12.5. The lowest BCUT2D eigenvalue weighted by molar-refractivity contribution is 0.122. The van der Waals surface area contributed by atoms with Crippen LogP contribution in [0, 0.1) is 6.92 Å². The van der Waals surface area contributed by atoms with Crippen molar-refractivity contribution in [1.82, 2.24) is 15.6 Å². The number of aliphatic imine (C=N–C) groups is 1. The van der Waals surface area contributed by atoms with Gasteiger partial charge in [-0.15, -0.1) is 24.0 Å². The summed E-state index contributed by atoms with van der Waals surface area (Å²) in [7, 11) is 1.77. The first-order valence-corrected chi connectivity index (χ1v) is 9.67. The average molecular weight is 511 g/mol. The van der Waals surface area contributed by atoms with E-state index in [4.69, 9.17) is 9.47 Å². The molecule has 0 unspecified atom stereocenters. The summed E-state index contributed by atoms with van der Waals surface area (Å²) in [6.07, 6.45) is 1.84. The highest BCUT2D eigenvalue weighted by molar-refractivity contribution is 14.0. The van der Waals surface area contributed by atoms with Crippen molar-refractivity contribution >= 4 is 35.8 Å². The molecule has 1 aliphatic heterocycles. The predicted octanol–water partition coefficient (Wildman–Crippen LogP) is 2.59. The minimum absolute atomic E-state index is 0. The van der Waals surface area contributed by atoms with Gasteiger partial charge in [0.15, 0.2) is 5.96 Å². The molecule has 3 rings (SSSR count). The molecule has 0 atom stereocenters. The first-order valence-electron chi connectivity index (χ1n) is 9.67. The number of rotatable bonds is 7. The molecular weight excluding hydrogens is 481 g/mol. The second-order valence-electron chi connectivity index (χ2n) is 6.60. The van der Waals surface area contributed by atoms with E-state index in [0.717, 1.165) is 49.4 Å². The van der Waals surface area contributed by atoms with Gasteiger partial charge in [-0.2, -0.15) is 0 Å². The SMILES string of the molecule is CN=C(NCCOc1ccc(C)cc1)NCc1cccnc1N1CCOCC1.I. The van der Waals surface area contributed by atoms with Crippen molar-refractivity contribution in [3.8, 4) is 5.75 Å². The van der Waals surface area contributed by atoms with E-state index in [-0.39, 0.29) is 24.0 Å². The van der Waals surface area contributed by atoms with Crippen molar-refractivity contribution in [2.75, 3.05) is 51.4 Å². The van der Waals surface area contributed by atoms with Gasteiger partial charge in [0.2, 0.25) is 0 Å². The van der Waals surface area contributed by atoms with Gasteiger partial charge in [0.25, 0.3) is 0 Å². The maximum atomic E-state index is 5.74. The van der Waals surface area contributed by atoms with Crippen LogP contribution in [-0.4, -0.2) is 57.4 Å². The highest BCUT2D eigenvalue weighted by atomic mass is 127. The lowest BCUT2D eigenvalue weighted by atomic mass is 10.2. The zero-order valence-corrected chi connectivity index (χ0v) is 19.4. The molecule has 2 heterocycles. The smallest absolute Gasteiger partial charge is 0.191 e. The van der Waals surface area contributed by atoms with Crippen molar-refractivity contribution in [2.45, 2.75) is 13.5 Å². The molecule has 8 heteroatoms. The number of pyridine rings is 1. The number of morpholine rings is 1. The summed E-state index contributed by atoms with van der Waals surface area (Å²) in [5.41, 5.74) is 2.37. The van der Waals surface area contributed by atoms with Crippen LogP contribution in [0.1, 0.15) is 11.1 Å². The molecule has 1 saturated heterocycles. The number of aromatic nitrogens is 1. The van der Waals surface area contributed by atoms with Gasteiger partial charge in [-0.05, 0) is 25.1 Å². The number of ether oxygens (including phenoxy) is 2. The number of halogens is 1. The van der Waals surface area contributed by atoms with Crippen molar-refractivity contribution in [3.05, 3.63) is 53.7 Å². The van der Waals surface area contributed by atoms with Gasteiger partial charge in [-0.1, -0.05) is 23.8 Å². The minimum Gasteiger partial charge on any atom is -0.492 e. The lowest BCUT2D eigenvalue weighted by Crippen LogP contribution is -2.40. The summed E-state index contributed by atoms with van der Waals surface area (Å²) < 4.78 is 11.2. The third-order valence-electron chi connectivity index (χ3n) is 4.53. The third kappa shape index (κ3) is 7.36. The van der Waals surface area contributed by atoms with Crippen molar-refractivity contribution < 1.29 is 9.47 Å². The van der Waals surface area contributed by atoms with Crippen LogP contribution in [0.5, 0.6) is 5.75 Å². The number of nitrogens with one attached hydrogen (secondary N) is 2. The van der Waals surface area contributed by atoms with Crippen LogP contribution >= 0.6 is 24.0 Å². The van der Waals surface area contributed by atoms with Crippen LogP contribution in [0.4, 0.5) is 5.82 Å². The molecule has 0 spiro atoms. The Hall–Kier alpha value is -2.07. The van der Waals surface area contributed by atoms with Gasteiger partial charge >= 0.3 is 0 Å². The molecule has 29 heavy (non-hydrogen) atoms. The van der Waals surface area contributed by atoms with Crippen LogP contribution in [-0.2, 0) is 11.3 Å². The predicted molar refractivity (Wildman–Crippen MR) is 128 cm³/mol. The molecule has 1 aromatic heterocycles. The molecule has 2 aromatic rings. The molecule has 1 aromatic carbocycles. The van der Waals surface area contributed by atoms with Crippen LogP contribution in [0.3, 0.4) is 0 Å². The molecule has 1 aliphatic rings. The van der Waals surface area contributed by atoms with Crippen LogP contribution in [0.15, 0.2) is 47.6 Å². The number of anilines is 1. The Balaban J connectivity index is 0.00000300. The van der Waals surface area contributed by atoms with E-state index in [1.54, 1.807) is 7.05 Å². The highest BCUT2D eigenvalue weighted by Gasteiger charge is 2.15. The number of nitrogens with zero attached hydrogens (tertiary/aromatic N) is 3. The Labute approximate surface area is 189 Å². The van der Waals surface area contributed by atoms with E-state index in [2.05, 4.69) is 38.5 Å². The molecule has 7 nitrogen and oxygen atoms in total. The zero-order valence-electron chi connectivity index (χ0n) is 17.1. The number of aryl methyl sites for hydroxylation is 1. The average Bonchev–Trinajstić information content (AvgIpc) is 2.75. The van der Waals surface area contributed by atoms with E-state index >= 15 is 0 Å². The summed E-state index contributed by atoms with van der Waals surface area (Å²) in [5, 5.41) is 6.64. The summed E-state index contributed by atoms with van der Waals surface area (Å²) in [6.45, 7) is 7.17. The Morgan fingerprint density at radius 2 is 1.93 bits per heavy atom. The lowest BCUT2D eigenvalue weighted by Gasteiger charge is -2.29. The fourth-order valence-electron chi connectivity index (χ4n) is 3.00. The first kappa shape index (κ1) is 23.2. The Morgan fingerprint density at radius 3 is 2.66 bits per heavy atom. The van der Waals surface area contributed by atoms with E-state index in [1.807, 2.05) is 36.5 Å². The van der Waals surface area contributed by atoms with Gasteiger partial charge in [0.05, 0.1) is 19.8 Å². The number of benzene rings is 1. The van der Waals surface area contributed by atoms with Gasteiger partial charge in [-0.25, -0.2) is 4.98 Å². The van der Waals surface area contributed by atoms with Gasteiger partial charge in [0.1, 0.15) is 18.2 Å². The van der Waals surface area contributed by atoms with Crippen molar-refractivity contribution in [2.24, 2.45) is 4.99 Å². The maximum Gasteiger partial charge on any atom is 0.191 e. The van der Waals surface area contributed by atoms with Gasteiger partial charge in [-0.3, -0.25) is 4.99 Å². The molecular formula is C21H30IN5O2. The summed E-state index contributed by atoms with van der Waals surface area (Å²) in [6, 6.07) is 12.1. The topological polar surface area (TPSA) is 71.0 Å². The standard InChI is InChI=1S/C21H29N5O2.HI/c1-17-5-7-19(8-6-17)28-13-10-24-21(22-2)25-16-18-4-3-9-23-20(18)26-11-14-27-15-12-26;/h3-9H,10-16H2,1-2H3,(H2,22,24,25);1H. The molecule has 0 bridgehead atoms. The van der Waals surface area contributed by atoms with Crippen LogP contribution in [0.2, 0.25) is 0 Å². The summed E-state index contributed by atoms with van der Waals surface area (Å²) in [5.74, 6) is 2.63. The van der Waals surface area contributed by atoms with Gasteiger partial charge < -0.3 is 25.0 Å². The van der Waals surface area contributed by atoms with Crippen LogP contribution < -0.4 is 20.3 Å². The first-order chi connectivity index (χ1) is 13.8. The summed E-state index contributed by atoms with van der Waals surface area (Å²) in [4.78, 5) is 11.1. The van der Waals surface area contributed by atoms with E-state index in [0.29, 0.717) is 19.7 Å². The fourth-order valence-corrected chi connectivity index (χ4v) is 3.00. The maximum absolute atomic E-state index is 5.74. The molecule has 0 radical (unpaired) electrons. The van der Waals surface area contributed by atoms with Gasteiger partial charge in [0, 0.05) is 38.4 Å². The molecule has 0 saturated carbocycles. The van der Waals surface area contributed by atoms with E-state index < -0.39 is 0 Å². The molecule has 158 valence electrons. The third-order valence-corrected chi connectivity index (χ3v) is 4.53. The number of hydrogen-bond donors (Lipinski definition) is 2. The molecule has 0 aliphatic carbocycles. The second-order valence-corrected chi connectivity index (χ2v) is 6.60. The largest absolute Gasteiger partial charge is 0.492 e. The summed E-state index contributed by atoms with van der Waals surface area (Å²) >= 11 is 0. The molecule has 2 N–H and O–H groups in total. The minimum atomic E-state index is 0. The fraction of sp³-hybridized carbons (Fsp3) is 0.429. The van der Waals surface area contributed by atoms with Crippen molar-refractivity contribution in [1.29, 1.82) is 0 Å². The van der Waals surface area contributed by atoms with Crippen molar-refractivity contribution in [3.63, 3.8) is 0 Å². The monoisotopic (exact) mass is 511 g/mol. The normalized spacial score (nSPS) is 14.1. The quantitative estimate of drug-likeness (QED) is 0.258. The molecule has 1 fully saturated rings. The number of guanidine groups is 1. The Morgan fingerprint density at radius 1 is 1.17 bits per heavy atom. The Kier molecular flexibility index (Phi) is 9.99. The Bertz CT molecular complexity index is 764. The van der Waals surface area contributed by atoms with E-state index in [9.17, 15) is 0 Å². The zero-order chi connectivity index (χ0) is 19.6. The van der Waals surface area contributed by atoms with E-state index in [1.165, 1.54) is 5.56 Å². The number of hydrogen-bond acceptors (Lipinski definition) is 5. The van der Waals surface area contributed by atoms with Crippen LogP contribution in [0.25, 0.3) is 0 Å². The molecule has 0 amide bonds. The highest BCUT2D eigenvalue weighted by Crippen LogP contribution is 2.18.